The van der Waals surface area contributed by atoms with Crippen molar-refractivity contribution in [3.63, 3.8) is 0 Å². The number of amides is 1. The summed E-state index contributed by atoms with van der Waals surface area (Å²) < 4.78 is 46.8. The Labute approximate surface area is 262 Å². The van der Waals surface area contributed by atoms with Gasteiger partial charge in [0.05, 0.1) is 48.7 Å². The van der Waals surface area contributed by atoms with E-state index >= 15 is 4.79 Å². The Morgan fingerprint density at radius 1 is 1.07 bits per heavy atom. The van der Waals surface area contributed by atoms with Crippen LogP contribution in [0.1, 0.15) is 47.0 Å². The van der Waals surface area contributed by atoms with Gasteiger partial charge in [0.15, 0.2) is 5.54 Å². The highest BCUT2D eigenvalue weighted by atomic mass is 32.2. The maximum Gasteiger partial charge on any atom is 0.271 e. The lowest BCUT2D eigenvalue weighted by Crippen LogP contribution is -2.54. The number of aromatic nitrogens is 1. The molecule has 2 unspecified atom stereocenters. The van der Waals surface area contributed by atoms with Crippen LogP contribution in [-0.4, -0.2) is 64.0 Å². The Morgan fingerprint density at radius 3 is 2.49 bits per heavy atom. The summed E-state index contributed by atoms with van der Waals surface area (Å²) in [7, 11) is 2.45. The van der Waals surface area contributed by atoms with Gasteiger partial charge in [-0.1, -0.05) is 6.07 Å². The van der Waals surface area contributed by atoms with Crippen LogP contribution in [0.15, 0.2) is 82.4 Å². The fraction of sp³-hybridized carbons (Fsp3) is 0.303. The molecule has 0 saturated carbocycles. The number of likely N-dealkylation sites (tertiary alicyclic amines) is 1. The minimum absolute atomic E-state index is 0.0817. The summed E-state index contributed by atoms with van der Waals surface area (Å²) >= 11 is 0. The van der Waals surface area contributed by atoms with Crippen LogP contribution in [0.3, 0.4) is 0 Å². The zero-order valence-electron chi connectivity index (χ0n) is 25.4. The van der Waals surface area contributed by atoms with Gasteiger partial charge >= 0.3 is 0 Å². The summed E-state index contributed by atoms with van der Waals surface area (Å²) in [5, 5.41) is 9.99. The van der Waals surface area contributed by atoms with E-state index in [0.29, 0.717) is 54.4 Å². The van der Waals surface area contributed by atoms with Crippen LogP contribution in [-0.2, 0) is 26.9 Å². The number of sulfonamides is 1. The van der Waals surface area contributed by atoms with Crippen molar-refractivity contribution in [2.45, 2.75) is 35.9 Å². The molecule has 4 aromatic rings. The molecule has 0 spiro atoms. The largest absolute Gasteiger partial charge is 0.497 e. The van der Waals surface area contributed by atoms with Crippen molar-refractivity contribution >= 4 is 21.6 Å². The molecule has 1 fully saturated rings. The third kappa shape index (κ3) is 4.84. The predicted octanol–water partition coefficient (Wildman–Crippen LogP) is 4.44. The second-order valence-electron chi connectivity index (χ2n) is 11.3. The second-order valence-corrected chi connectivity index (χ2v) is 13.1. The Morgan fingerprint density at radius 2 is 1.84 bits per heavy atom. The molecule has 6 rings (SSSR count). The molecular weight excluding hydrogens is 594 g/mol. The summed E-state index contributed by atoms with van der Waals surface area (Å²) in [5.41, 5.74) is 0.450. The van der Waals surface area contributed by atoms with Crippen LogP contribution >= 0.6 is 0 Å². The molecule has 2 aliphatic rings. The van der Waals surface area contributed by atoms with E-state index < -0.39 is 27.5 Å². The molecule has 0 N–H and O–H groups in total. The SMILES string of the molecule is COc1ccc(S(=O)(=O)N2C(=O)C(c3cc(CN(C)C)ccc3OC)(N3CCCC3c3ncco3)c3cc(C#N)ccc32)cc1. The number of carbonyl (C=O) groups is 1. The molecule has 0 bridgehead atoms. The van der Waals surface area contributed by atoms with Crippen molar-refractivity contribution in [2.75, 3.05) is 39.2 Å². The van der Waals surface area contributed by atoms with Crippen LogP contribution < -0.4 is 13.8 Å². The molecule has 2 aliphatic heterocycles. The topological polar surface area (TPSA) is 129 Å². The fourth-order valence-corrected chi connectivity index (χ4v) is 8.01. The third-order valence-electron chi connectivity index (χ3n) is 8.40. The molecule has 1 amide bonds. The average Bonchev–Trinajstić information content (AvgIpc) is 3.79. The smallest absolute Gasteiger partial charge is 0.271 e. The van der Waals surface area contributed by atoms with E-state index in [9.17, 15) is 13.7 Å². The fourth-order valence-electron chi connectivity index (χ4n) is 6.55. The van der Waals surface area contributed by atoms with Crippen LogP contribution in [0.2, 0.25) is 0 Å². The number of fused-ring (bicyclic) bond motifs is 1. The average molecular weight is 628 g/mol. The number of benzene rings is 3. The Balaban J connectivity index is 1.69. The van der Waals surface area contributed by atoms with Crippen LogP contribution in [0.5, 0.6) is 11.5 Å². The quantitative estimate of drug-likeness (QED) is 0.263. The molecule has 2 atom stereocenters. The molecule has 45 heavy (non-hydrogen) atoms. The summed E-state index contributed by atoms with van der Waals surface area (Å²) in [6, 6.07) is 17.9. The van der Waals surface area contributed by atoms with Gasteiger partial charge in [0.2, 0.25) is 5.89 Å². The zero-order chi connectivity index (χ0) is 31.9. The van der Waals surface area contributed by atoms with Gasteiger partial charge in [-0.05, 0) is 87.1 Å². The molecule has 232 valence electrons. The number of carbonyl (C=O) groups excluding carboxylic acids is 1. The molecule has 3 aromatic carbocycles. The standard InChI is InChI=1S/C33H33N5O6S/c1-36(2)21-23-8-14-30(43-4)27(19-23)33(37-16-5-6-29(37)31-35-15-17-44-31)26-18-22(20-34)7-13-28(26)38(32(33)39)45(40,41)25-11-9-24(42-3)10-12-25/h7-15,17-19,29H,5-6,16,21H2,1-4H3. The number of rotatable bonds is 9. The number of ether oxygens (including phenoxy) is 2. The highest BCUT2D eigenvalue weighted by Gasteiger charge is 2.62. The van der Waals surface area contributed by atoms with Gasteiger partial charge < -0.3 is 18.8 Å². The number of oxazole rings is 1. The first kappa shape index (κ1) is 30.3. The Kier molecular flexibility index (Phi) is 7.86. The highest BCUT2D eigenvalue weighted by Crippen LogP contribution is 2.56. The lowest BCUT2D eigenvalue weighted by atomic mass is 9.79. The van der Waals surface area contributed by atoms with Gasteiger partial charge in [0, 0.05) is 24.2 Å². The molecule has 3 heterocycles. The van der Waals surface area contributed by atoms with Crippen molar-refractivity contribution in [1.29, 1.82) is 5.26 Å². The monoisotopic (exact) mass is 627 g/mol. The first-order valence-electron chi connectivity index (χ1n) is 14.4. The summed E-state index contributed by atoms with van der Waals surface area (Å²) in [6.07, 6.45) is 4.35. The van der Waals surface area contributed by atoms with E-state index in [2.05, 4.69) is 11.1 Å². The zero-order valence-corrected chi connectivity index (χ0v) is 26.2. The highest BCUT2D eigenvalue weighted by molar-refractivity contribution is 7.93. The molecule has 1 saturated heterocycles. The van der Waals surface area contributed by atoms with E-state index in [0.717, 1.165) is 9.87 Å². The van der Waals surface area contributed by atoms with Crippen LogP contribution in [0.25, 0.3) is 0 Å². The summed E-state index contributed by atoms with van der Waals surface area (Å²) in [5.74, 6) is 0.587. The van der Waals surface area contributed by atoms with Crippen LogP contribution in [0, 0.1) is 11.3 Å². The lowest BCUT2D eigenvalue weighted by Gasteiger charge is -2.41. The van der Waals surface area contributed by atoms with Crippen molar-refractivity contribution in [3.8, 4) is 17.6 Å². The number of methoxy groups -OCH3 is 2. The maximum absolute atomic E-state index is 15.4. The number of hydrogen-bond donors (Lipinski definition) is 0. The third-order valence-corrected chi connectivity index (χ3v) is 10.1. The van der Waals surface area contributed by atoms with Gasteiger partial charge in [-0.2, -0.15) is 5.26 Å². The first-order valence-corrected chi connectivity index (χ1v) is 15.9. The van der Waals surface area contributed by atoms with Gasteiger partial charge in [0.25, 0.3) is 15.9 Å². The van der Waals surface area contributed by atoms with Crippen molar-refractivity contribution in [2.24, 2.45) is 0 Å². The minimum Gasteiger partial charge on any atom is -0.497 e. The predicted molar refractivity (Wildman–Crippen MR) is 165 cm³/mol. The van der Waals surface area contributed by atoms with Gasteiger partial charge in [-0.3, -0.25) is 9.69 Å². The number of anilines is 1. The van der Waals surface area contributed by atoms with E-state index in [-0.39, 0.29) is 16.1 Å². The number of nitriles is 1. The normalized spacial score (nSPS) is 20.0. The van der Waals surface area contributed by atoms with Crippen molar-refractivity contribution in [3.05, 3.63) is 101 Å². The molecule has 0 radical (unpaired) electrons. The van der Waals surface area contributed by atoms with E-state index in [1.54, 1.807) is 18.3 Å². The van der Waals surface area contributed by atoms with Crippen LogP contribution in [0.4, 0.5) is 5.69 Å². The lowest BCUT2D eigenvalue weighted by molar-refractivity contribution is -0.127. The summed E-state index contributed by atoms with van der Waals surface area (Å²) in [6.45, 7) is 0.982. The van der Waals surface area contributed by atoms with Gasteiger partial charge in [0.1, 0.15) is 17.8 Å². The van der Waals surface area contributed by atoms with E-state index in [4.69, 9.17) is 13.9 Å². The maximum atomic E-state index is 15.4. The number of nitrogens with zero attached hydrogens (tertiary/aromatic N) is 5. The Hall–Kier alpha value is -4.70. The molecule has 0 aliphatic carbocycles. The van der Waals surface area contributed by atoms with Gasteiger partial charge in [-0.15, -0.1) is 0 Å². The Bertz CT molecular complexity index is 1890. The minimum atomic E-state index is -4.44. The van der Waals surface area contributed by atoms with E-state index in [1.807, 2.05) is 36.0 Å². The molecule has 11 nitrogen and oxygen atoms in total. The van der Waals surface area contributed by atoms with Crippen molar-refractivity contribution in [1.82, 2.24) is 14.8 Å². The first-order chi connectivity index (χ1) is 21.7. The number of hydrogen-bond acceptors (Lipinski definition) is 10. The van der Waals surface area contributed by atoms with Gasteiger partial charge in [-0.25, -0.2) is 17.7 Å². The molecular formula is C33H33N5O6S. The molecule has 1 aromatic heterocycles. The van der Waals surface area contributed by atoms with Crippen molar-refractivity contribution < 1.29 is 27.1 Å². The second kappa shape index (κ2) is 11.7. The van der Waals surface area contributed by atoms with E-state index in [1.165, 1.54) is 56.9 Å². The summed E-state index contributed by atoms with van der Waals surface area (Å²) in [4.78, 5) is 23.7. The molecule has 12 heteroatoms.